The highest BCUT2D eigenvalue weighted by atomic mass is 16.3. The first-order valence-electron chi connectivity index (χ1n) is 6.60. The molecule has 0 saturated carbocycles. The molecule has 0 saturated heterocycles. The van der Waals surface area contributed by atoms with Crippen molar-refractivity contribution in [3.05, 3.63) is 65.2 Å². The molecule has 0 spiro atoms. The first-order chi connectivity index (χ1) is 10.6. The molecule has 3 rings (SSSR count). The normalized spacial score (nSPS) is 16.7. The SMILES string of the molecule is O=C(Nc1ccc2c(c1)C(O)C(=O)NC2=O)c1ccccc1. The van der Waals surface area contributed by atoms with E-state index in [1.807, 2.05) is 0 Å². The van der Waals surface area contributed by atoms with Gasteiger partial charge < -0.3 is 10.4 Å². The highest BCUT2D eigenvalue weighted by Gasteiger charge is 2.30. The Morgan fingerprint density at radius 3 is 2.55 bits per heavy atom. The van der Waals surface area contributed by atoms with Gasteiger partial charge >= 0.3 is 0 Å². The van der Waals surface area contributed by atoms with E-state index in [1.165, 1.54) is 12.1 Å². The molecule has 0 fully saturated rings. The molecule has 0 aliphatic carbocycles. The van der Waals surface area contributed by atoms with Gasteiger partial charge in [-0.05, 0) is 30.3 Å². The zero-order chi connectivity index (χ0) is 15.7. The first kappa shape index (κ1) is 14.0. The van der Waals surface area contributed by atoms with E-state index in [-0.39, 0.29) is 17.0 Å². The van der Waals surface area contributed by atoms with Crippen molar-refractivity contribution < 1.29 is 19.5 Å². The number of benzene rings is 2. The van der Waals surface area contributed by atoms with Crippen molar-refractivity contribution in [3.63, 3.8) is 0 Å². The number of hydrogen-bond acceptors (Lipinski definition) is 4. The Balaban J connectivity index is 1.89. The molecule has 22 heavy (non-hydrogen) atoms. The molecule has 1 heterocycles. The monoisotopic (exact) mass is 296 g/mol. The summed E-state index contributed by atoms with van der Waals surface area (Å²) in [6.07, 6.45) is -1.43. The van der Waals surface area contributed by atoms with Crippen LogP contribution in [0.15, 0.2) is 48.5 Å². The fraction of sp³-hybridized carbons (Fsp3) is 0.0625. The maximum Gasteiger partial charge on any atom is 0.260 e. The van der Waals surface area contributed by atoms with E-state index in [9.17, 15) is 19.5 Å². The second-order valence-electron chi connectivity index (χ2n) is 4.84. The highest BCUT2D eigenvalue weighted by molar-refractivity contribution is 6.11. The van der Waals surface area contributed by atoms with Crippen LogP contribution in [0.1, 0.15) is 32.4 Å². The van der Waals surface area contributed by atoms with Gasteiger partial charge in [0.1, 0.15) is 0 Å². The third kappa shape index (κ3) is 2.47. The van der Waals surface area contributed by atoms with Crippen LogP contribution in [0.2, 0.25) is 0 Å². The van der Waals surface area contributed by atoms with Crippen molar-refractivity contribution in [2.24, 2.45) is 0 Å². The van der Waals surface area contributed by atoms with Crippen molar-refractivity contribution in [2.45, 2.75) is 6.10 Å². The lowest BCUT2D eigenvalue weighted by atomic mass is 9.97. The molecule has 3 amide bonds. The van der Waals surface area contributed by atoms with Gasteiger partial charge in [-0.3, -0.25) is 19.7 Å². The van der Waals surface area contributed by atoms with E-state index in [1.54, 1.807) is 36.4 Å². The van der Waals surface area contributed by atoms with Crippen LogP contribution in [0.25, 0.3) is 0 Å². The van der Waals surface area contributed by atoms with Crippen LogP contribution in [0.4, 0.5) is 5.69 Å². The van der Waals surface area contributed by atoms with Gasteiger partial charge in [0.15, 0.2) is 6.10 Å². The molecule has 1 atom stereocenters. The number of aliphatic hydroxyl groups is 1. The van der Waals surface area contributed by atoms with E-state index >= 15 is 0 Å². The lowest BCUT2D eigenvalue weighted by Crippen LogP contribution is -2.40. The van der Waals surface area contributed by atoms with Crippen molar-refractivity contribution in [3.8, 4) is 0 Å². The van der Waals surface area contributed by atoms with Gasteiger partial charge in [-0.1, -0.05) is 18.2 Å². The number of fused-ring (bicyclic) bond motifs is 1. The number of hydrogen-bond donors (Lipinski definition) is 3. The standard InChI is InChI=1S/C16H12N2O4/c19-13-12-8-10(6-7-11(12)15(21)18-16(13)22)17-14(20)9-4-2-1-3-5-9/h1-8,13,19H,(H,17,20)(H,18,21,22). The molecule has 0 bridgehead atoms. The Bertz CT molecular complexity index is 771. The van der Waals surface area contributed by atoms with Gasteiger partial charge in [0.25, 0.3) is 17.7 Å². The summed E-state index contributed by atoms with van der Waals surface area (Å²) < 4.78 is 0. The highest BCUT2D eigenvalue weighted by Crippen LogP contribution is 2.26. The maximum absolute atomic E-state index is 12.1. The summed E-state index contributed by atoms with van der Waals surface area (Å²) in [5.41, 5.74) is 1.27. The zero-order valence-electron chi connectivity index (χ0n) is 11.4. The molecule has 3 N–H and O–H groups in total. The van der Waals surface area contributed by atoms with Crippen molar-refractivity contribution >= 4 is 23.4 Å². The summed E-state index contributed by atoms with van der Waals surface area (Å²) >= 11 is 0. The average molecular weight is 296 g/mol. The Labute approximate surface area is 125 Å². The minimum atomic E-state index is -1.43. The number of imide groups is 1. The predicted molar refractivity (Wildman–Crippen MR) is 78.3 cm³/mol. The molecule has 1 unspecified atom stereocenters. The average Bonchev–Trinajstić information content (AvgIpc) is 2.53. The van der Waals surface area contributed by atoms with E-state index in [4.69, 9.17) is 0 Å². The van der Waals surface area contributed by atoms with Crippen LogP contribution in [-0.4, -0.2) is 22.8 Å². The largest absolute Gasteiger partial charge is 0.378 e. The molecule has 110 valence electrons. The number of anilines is 1. The lowest BCUT2D eigenvalue weighted by Gasteiger charge is -2.21. The van der Waals surface area contributed by atoms with Crippen LogP contribution < -0.4 is 10.6 Å². The van der Waals surface area contributed by atoms with Crippen molar-refractivity contribution in [2.75, 3.05) is 5.32 Å². The Hall–Kier alpha value is -2.99. The van der Waals surface area contributed by atoms with E-state index in [0.29, 0.717) is 11.3 Å². The molecular weight excluding hydrogens is 284 g/mol. The van der Waals surface area contributed by atoms with Gasteiger partial charge in [-0.25, -0.2) is 0 Å². The topological polar surface area (TPSA) is 95.5 Å². The fourth-order valence-electron chi connectivity index (χ4n) is 2.26. The van der Waals surface area contributed by atoms with Crippen LogP contribution in [-0.2, 0) is 4.79 Å². The molecule has 6 heteroatoms. The lowest BCUT2D eigenvalue weighted by molar-refractivity contribution is -0.129. The minimum Gasteiger partial charge on any atom is -0.378 e. The van der Waals surface area contributed by atoms with Gasteiger partial charge in [0.2, 0.25) is 0 Å². The summed E-state index contributed by atoms with van der Waals surface area (Å²) in [5.74, 6) is -1.66. The number of aliphatic hydroxyl groups excluding tert-OH is 1. The van der Waals surface area contributed by atoms with Gasteiger partial charge in [0.05, 0.1) is 0 Å². The Kier molecular flexibility index (Phi) is 3.44. The number of amides is 3. The van der Waals surface area contributed by atoms with Gasteiger partial charge in [-0.15, -0.1) is 0 Å². The smallest absolute Gasteiger partial charge is 0.260 e. The van der Waals surface area contributed by atoms with Crippen LogP contribution in [0.5, 0.6) is 0 Å². The summed E-state index contributed by atoms with van der Waals surface area (Å²) in [5, 5.41) is 14.6. The van der Waals surface area contributed by atoms with Crippen molar-refractivity contribution in [1.82, 2.24) is 5.32 Å². The van der Waals surface area contributed by atoms with Crippen LogP contribution >= 0.6 is 0 Å². The van der Waals surface area contributed by atoms with Gasteiger partial charge in [0, 0.05) is 22.4 Å². The van der Waals surface area contributed by atoms with Crippen LogP contribution in [0, 0.1) is 0 Å². The molecule has 1 aliphatic heterocycles. The van der Waals surface area contributed by atoms with E-state index in [0.717, 1.165) is 0 Å². The third-order valence-corrected chi connectivity index (χ3v) is 3.37. The Morgan fingerprint density at radius 2 is 1.82 bits per heavy atom. The molecule has 6 nitrogen and oxygen atoms in total. The Morgan fingerprint density at radius 1 is 1.09 bits per heavy atom. The summed E-state index contributed by atoms with van der Waals surface area (Å²) in [6.45, 7) is 0. The summed E-state index contributed by atoms with van der Waals surface area (Å²) in [4.78, 5) is 35.2. The molecule has 1 aliphatic rings. The summed E-state index contributed by atoms with van der Waals surface area (Å²) in [7, 11) is 0. The zero-order valence-corrected chi connectivity index (χ0v) is 11.4. The molecule has 2 aromatic carbocycles. The van der Waals surface area contributed by atoms with Gasteiger partial charge in [-0.2, -0.15) is 0 Å². The maximum atomic E-state index is 12.1. The number of rotatable bonds is 2. The molecule has 2 aromatic rings. The first-order valence-corrected chi connectivity index (χ1v) is 6.60. The number of carbonyl (C=O) groups excluding carboxylic acids is 3. The van der Waals surface area contributed by atoms with Crippen molar-refractivity contribution in [1.29, 1.82) is 0 Å². The van der Waals surface area contributed by atoms with Crippen LogP contribution in [0.3, 0.4) is 0 Å². The second kappa shape index (κ2) is 5.42. The predicted octanol–water partition coefficient (Wildman–Crippen LogP) is 1.24. The minimum absolute atomic E-state index is 0.180. The second-order valence-corrected chi connectivity index (χ2v) is 4.84. The number of carbonyl (C=O) groups is 3. The third-order valence-electron chi connectivity index (χ3n) is 3.37. The fourth-order valence-corrected chi connectivity index (χ4v) is 2.26. The number of nitrogens with one attached hydrogen (secondary N) is 2. The summed E-state index contributed by atoms with van der Waals surface area (Å²) in [6, 6.07) is 13.1. The molecule has 0 aromatic heterocycles. The molecule has 0 radical (unpaired) electrons. The quantitative estimate of drug-likeness (QED) is 0.727. The van der Waals surface area contributed by atoms with E-state index < -0.39 is 17.9 Å². The van der Waals surface area contributed by atoms with E-state index in [2.05, 4.69) is 10.6 Å². The molecular formula is C16H12N2O4.